The van der Waals surface area contributed by atoms with Crippen LogP contribution < -0.4 is 5.32 Å². The predicted octanol–water partition coefficient (Wildman–Crippen LogP) is 3.90. The molecular formula is C17H30N2O2. The summed E-state index contributed by atoms with van der Waals surface area (Å²) >= 11 is 0. The van der Waals surface area contributed by atoms with E-state index in [1.807, 2.05) is 6.07 Å². The Morgan fingerprint density at radius 2 is 1.90 bits per heavy atom. The second-order valence-electron chi connectivity index (χ2n) is 7.74. The summed E-state index contributed by atoms with van der Waals surface area (Å²) in [5.74, 6) is 2.35. The summed E-state index contributed by atoms with van der Waals surface area (Å²) in [6.45, 7) is 12.3. The third-order valence-corrected chi connectivity index (χ3v) is 4.00. The molecule has 0 saturated heterocycles. The quantitative estimate of drug-likeness (QED) is 0.894. The third kappa shape index (κ3) is 5.79. The van der Waals surface area contributed by atoms with Crippen LogP contribution in [0, 0.1) is 11.8 Å². The summed E-state index contributed by atoms with van der Waals surface area (Å²) in [4.78, 5) is 0. The SMILES string of the molecule is CC1CC(C)CC(OCc2cc(CNC(C)(C)C)no2)C1. The van der Waals surface area contributed by atoms with Crippen molar-refractivity contribution in [1.29, 1.82) is 0 Å². The Labute approximate surface area is 128 Å². The summed E-state index contributed by atoms with van der Waals surface area (Å²) < 4.78 is 11.4. The minimum Gasteiger partial charge on any atom is -0.370 e. The van der Waals surface area contributed by atoms with Crippen LogP contribution in [0.5, 0.6) is 0 Å². The zero-order valence-corrected chi connectivity index (χ0v) is 14.1. The first-order valence-corrected chi connectivity index (χ1v) is 8.13. The number of rotatable bonds is 5. The van der Waals surface area contributed by atoms with Gasteiger partial charge in [-0.3, -0.25) is 0 Å². The highest BCUT2D eigenvalue weighted by molar-refractivity contribution is 5.04. The van der Waals surface area contributed by atoms with Crippen molar-refractivity contribution in [3.63, 3.8) is 0 Å². The molecule has 1 N–H and O–H groups in total. The van der Waals surface area contributed by atoms with Crippen LogP contribution in [0.4, 0.5) is 0 Å². The van der Waals surface area contributed by atoms with Crippen molar-refractivity contribution in [2.45, 2.75) is 78.7 Å². The van der Waals surface area contributed by atoms with Gasteiger partial charge in [-0.2, -0.15) is 0 Å². The fourth-order valence-corrected chi connectivity index (χ4v) is 3.07. The molecule has 1 fully saturated rings. The van der Waals surface area contributed by atoms with Gasteiger partial charge in [0.1, 0.15) is 6.61 Å². The summed E-state index contributed by atoms with van der Waals surface area (Å²) in [6.07, 6.45) is 4.02. The smallest absolute Gasteiger partial charge is 0.162 e. The Morgan fingerprint density at radius 3 is 2.52 bits per heavy atom. The van der Waals surface area contributed by atoms with Crippen LogP contribution in [0.1, 0.15) is 65.3 Å². The van der Waals surface area contributed by atoms with E-state index in [0.717, 1.165) is 42.7 Å². The fourth-order valence-electron chi connectivity index (χ4n) is 3.07. The number of nitrogens with zero attached hydrogens (tertiary/aromatic N) is 1. The molecule has 0 radical (unpaired) electrons. The van der Waals surface area contributed by atoms with Crippen LogP contribution in [-0.2, 0) is 17.9 Å². The molecule has 4 heteroatoms. The Kier molecular flexibility index (Phi) is 5.44. The van der Waals surface area contributed by atoms with Crippen molar-refractivity contribution in [2.75, 3.05) is 0 Å². The van der Waals surface area contributed by atoms with E-state index in [0.29, 0.717) is 12.7 Å². The van der Waals surface area contributed by atoms with Gasteiger partial charge in [0, 0.05) is 18.2 Å². The molecule has 21 heavy (non-hydrogen) atoms. The summed E-state index contributed by atoms with van der Waals surface area (Å²) in [6, 6.07) is 1.99. The van der Waals surface area contributed by atoms with Gasteiger partial charge in [0.05, 0.1) is 11.8 Å². The second kappa shape index (κ2) is 6.93. The van der Waals surface area contributed by atoms with Gasteiger partial charge >= 0.3 is 0 Å². The van der Waals surface area contributed by atoms with Crippen molar-refractivity contribution < 1.29 is 9.26 Å². The normalized spacial score (nSPS) is 27.0. The van der Waals surface area contributed by atoms with Gasteiger partial charge in [0.2, 0.25) is 0 Å². The molecule has 1 aliphatic rings. The van der Waals surface area contributed by atoms with Crippen molar-refractivity contribution in [3.05, 3.63) is 17.5 Å². The van der Waals surface area contributed by atoms with E-state index in [2.05, 4.69) is 45.1 Å². The molecule has 4 nitrogen and oxygen atoms in total. The first-order valence-electron chi connectivity index (χ1n) is 8.13. The van der Waals surface area contributed by atoms with Crippen LogP contribution in [0.25, 0.3) is 0 Å². The van der Waals surface area contributed by atoms with E-state index >= 15 is 0 Å². The maximum atomic E-state index is 6.01. The molecule has 1 aromatic rings. The molecule has 120 valence electrons. The minimum atomic E-state index is 0.0873. The van der Waals surface area contributed by atoms with E-state index in [9.17, 15) is 0 Å². The largest absolute Gasteiger partial charge is 0.370 e. The molecular weight excluding hydrogens is 264 g/mol. The molecule has 1 aromatic heterocycles. The Hall–Kier alpha value is -0.870. The lowest BCUT2D eigenvalue weighted by molar-refractivity contribution is -0.0172. The molecule has 0 amide bonds. The zero-order valence-electron chi connectivity index (χ0n) is 14.1. The maximum Gasteiger partial charge on any atom is 0.162 e. The number of hydrogen-bond acceptors (Lipinski definition) is 4. The van der Waals surface area contributed by atoms with E-state index < -0.39 is 0 Å². The van der Waals surface area contributed by atoms with Gasteiger partial charge in [-0.1, -0.05) is 19.0 Å². The molecule has 2 atom stereocenters. The standard InChI is InChI=1S/C17H30N2O2/c1-12-6-13(2)8-15(7-12)20-11-16-9-14(19-21-16)10-18-17(3,4)5/h9,12-13,15,18H,6-8,10-11H2,1-5H3. The van der Waals surface area contributed by atoms with E-state index in [-0.39, 0.29) is 5.54 Å². The topological polar surface area (TPSA) is 47.3 Å². The average Bonchev–Trinajstić information content (AvgIpc) is 2.80. The highest BCUT2D eigenvalue weighted by Gasteiger charge is 2.24. The van der Waals surface area contributed by atoms with E-state index in [1.54, 1.807) is 0 Å². The first-order chi connectivity index (χ1) is 9.82. The fraction of sp³-hybridized carbons (Fsp3) is 0.824. The van der Waals surface area contributed by atoms with Gasteiger partial charge in [0.15, 0.2) is 5.76 Å². The predicted molar refractivity (Wildman–Crippen MR) is 83.9 cm³/mol. The molecule has 2 unspecified atom stereocenters. The lowest BCUT2D eigenvalue weighted by atomic mass is 9.82. The van der Waals surface area contributed by atoms with Crippen molar-refractivity contribution in [3.8, 4) is 0 Å². The van der Waals surface area contributed by atoms with Gasteiger partial charge in [-0.05, 0) is 51.9 Å². The van der Waals surface area contributed by atoms with Gasteiger partial charge in [-0.15, -0.1) is 0 Å². The van der Waals surface area contributed by atoms with E-state index in [1.165, 1.54) is 6.42 Å². The van der Waals surface area contributed by atoms with Crippen molar-refractivity contribution in [1.82, 2.24) is 10.5 Å². The summed E-state index contributed by atoms with van der Waals surface area (Å²) in [5, 5.41) is 7.50. The van der Waals surface area contributed by atoms with Crippen LogP contribution in [0.15, 0.2) is 10.6 Å². The summed E-state index contributed by atoms with van der Waals surface area (Å²) in [7, 11) is 0. The monoisotopic (exact) mass is 294 g/mol. The lowest BCUT2D eigenvalue weighted by Gasteiger charge is -2.31. The van der Waals surface area contributed by atoms with Crippen LogP contribution in [0.3, 0.4) is 0 Å². The molecule has 0 aromatic carbocycles. The van der Waals surface area contributed by atoms with Gasteiger partial charge in [0.25, 0.3) is 0 Å². The van der Waals surface area contributed by atoms with Crippen molar-refractivity contribution >= 4 is 0 Å². The van der Waals surface area contributed by atoms with E-state index in [4.69, 9.17) is 9.26 Å². The Balaban J connectivity index is 1.77. The first kappa shape index (κ1) is 16.5. The van der Waals surface area contributed by atoms with Crippen molar-refractivity contribution in [2.24, 2.45) is 11.8 Å². The zero-order chi connectivity index (χ0) is 15.5. The van der Waals surface area contributed by atoms with Crippen LogP contribution >= 0.6 is 0 Å². The lowest BCUT2D eigenvalue weighted by Crippen LogP contribution is -2.35. The molecule has 0 spiro atoms. The number of ether oxygens (including phenoxy) is 1. The molecule has 0 bridgehead atoms. The molecule has 1 saturated carbocycles. The third-order valence-electron chi connectivity index (χ3n) is 4.00. The summed E-state index contributed by atoms with van der Waals surface area (Å²) in [5.41, 5.74) is 1.03. The molecule has 2 rings (SSSR count). The maximum absolute atomic E-state index is 6.01. The second-order valence-corrected chi connectivity index (χ2v) is 7.74. The molecule has 0 aliphatic heterocycles. The number of hydrogen-bond donors (Lipinski definition) is 1. The molecule has 1 heterocycles. The van der Waals surface area contributed by atoms with Crippen LogP contribution in [0.2, 0.25) is 0 Å². The minimum absolute atomic E-state index is 0.0873. The number of aromatic nitrogens is 1. The average molecular weight is 294 g/mol. The molecule has 1 aliphatic carbocycles. The highest BCUT2D eigenvalue weighted by atomic mass is 16.5. The Morgan fingerprint density at radius 1 is 1.24 bits per heavy atom. The van der Waals surface area contributed by atoms with Crippen LogP contribution in [-0.4, -0.2) is 16.8 Å². The number of nitrogens with one attached hydrogen (secondary N) is 1. The van der Waals surface area contributed by atoms with Gasteiger partial charge < -0.3 is 14.6 Å². The Bertz CT molecular complexity index is 426. The van der Waals surface area contributed by atoms with Gasteiger partial charge in [-0.25, -0.2) is 0 Å². The highest BCUT2D eigenvalue weighted by Crippen LogP contribution is 2.30.